The first kappa shape index (κ1) is 13.8. The van der Waals surface area contributed by atoms with Crippen LogP contribution >= 0.6 is 11.8 Å². The standard InChI is InChI=1S/C13H17F2NOS/c14-12(15)18-11-3-1-10(2-4-11)9-13(17)5-7-16-8-6-13/h1-4,12,16-17H,5-9H2. The van der Waals surface area contributed by atoms with Crippen molar-refractivity contribution in [3.8, 4) is 0 Å². The van der Waals surface area contributed by atoms with Gasteiger partial charge in [-0.25, -0.2) is 0 Å². The Morgan fingerprint density at radius 1 is 1.22 bits per heavy atom. The van der Waals surface area contributed by atoms with Crippen LogP contribution in [0.5, 0.6) is 0 Å². The first-order valence-electron chi connectivity index (χ1n) is 6.04. The third-order valence-corrected chi connectivity index (χ3v) is 3.94. The van der Waals surface area contributed by atoms with Crippen LogP contribution in [0.4, 0.5) is 8.78 Å². The van der Waals surface area contributed by atoms with Crippen LogP contribution in [0.25, 0.3) is 0 Å². The Balaban J connectivity index is 1.97. The molecular weight excluding hydrogens is 256 g/mol. The van der Waals surface area contributed by atoms with E-state index in [1.54, 1.807) is 12.1 Å². The Morgan fingerprint density at radius 3 is 2.39 bits per heavy atom. The SMILES string of the molecule is OC1(Cc2ccc(SC(F)F)cc2)CCNCC1. The third kappa shape index (κ3) is 3.93. The Bertz CT molecular complexity index is 377. The highest BCUT2D eigenvalue weighted by Gasteiger charge is 2.29. The van der Waals surface area contributed by atoms with Crippen molar-refractivity contribution < 1.29 is 13.9 Å². The molecule has 0 aliphatic carbocycles. The monoisotopic (exact) mass is 273 g/mol. The summed E-state index contributed by atoms with van der Waals surface area (Å²) in [5.74, 6) is -2.38. The van der Waals surface area contributed by atoms with E-state index >= 15 is 0 Å². The summed E-state index contributed by atoms with van der Waals surface area (Å²) < 4.78 is 24.3. The maximum absolute atomic E-state index is 12.2. The zero-order valence-electron chi connectivity index (χ0n) is 10.0. The molecule has 1 aromatic rings. The lowest BCUT2D eigenvalue weighted by Crippen LogP contribution is -2.43. The van der Waals surface area contributed by atoms with Gasteiger partial charge in [0.1, 0.15) is 0 Å². The largest absolute Gasteiger partial charge is 0.389 e. The maximum atomic E-state index is 12.2. The van der Waals surface area contributed by atoms with E-state index in [1.165, 1.54) is 0 Å². The summed E-state index contributed by atoms with van der Waals surface area (Å²) in [6, 6.07) is 7.03. The van der Waals surface area contributed by atoms with Gasteiger partial charge in [-0.2, -0.15) is 8.78 Å². The number of piperidine rings is 1. The Labute approximate surface area is 110 Å². The summed E-state index contributed by atoms with van der Waals surface area (Å²) in [4.78, 5) is 0.561. The maximum Gasteiger partial charge on any atom is 0.288 e. The van der Waals surface area contributed by atoms with Gasteiger partial charge in [0.05, 0.1) is 5.60 Å². The highest BCUT2D eigenvalue weighted by Crippen LogP contribution is 2.27. The molecule has 0 bridgehead atoms. The van der Waals surface area contributed by atoms with Crippen LogP contribution in [-0.4, -0.2) is 29.6 Å². The molecule has 0 unspecified atom stereocenters. The van der Waals surface area contributed by atoms with Gasteiger partial charge >= 0.3 is 0 Å². The lowest BCUT2D eigenvalue weighted by molar-refractivity contribution is 0.0108. The normalized spacial score (nSPS) is 19.1. The second kappa shape index (κ2) is 5.99. The van der Waals surface area contributed by atoms with Crippen LogP contribution in [0.1, 0.15) is 18.4 Å². The predicted molar refractivity (Wildman–Crippen MR) is 69.1 cm³/mol. The van der Waals surface area contributed by atoms with Crippen molar-refractivity contribution in [2.24, 2.45) is 0 Å². The average molecular weight is 273 g/mol. The van der Waals surface area contributed by atoms with Crippen LogP contribution in [0.2, 0.25) is 0 Å². The molecule has 2 N–H and O–H groups in total. The van der Waals surface area contributed by atoms with Crippen molar-refractivity contribution in [1.29, 1.82) is 0 Å². The zero-order chi connectivity index (χ0) is 13.0. The fourth-order valence-electron chi connectivity index (χ4n) is 2.24. The van der Waals surface area contributed by atoms with Gasteiger partial charge in [-0.05, 0) is 43.6 Å². The lowest BCUT2D eigenvalue weighted by Gasteiger charge is -2.32. The summed E-state index contributed by atoms with van der Waals surface area (Å²) in [7, 11) is 0. The fraction of sp³-hybridized carbons (Fsp3) is 0.538. The second-order valence-corrected chi connectivity index (χ2v) is 5.74. The number of nitrogens with one attached hydrogen (secondary N) is 1. The quantitative estimate of drug-likeness (QED) is 0.827. The van der Waals surface area contributed by atoms with Crippen molar-refractivity contribution in [3.63, 3.8) is 0 Å². The van der Waals surface area contributed by atoms with E-state index in [1.807, 2.05) is 12.1 Å². The van der Waals surface area contributed by atoms with E-state index in [4.69, 9.17) is 0 Å². The van der Waals surface area contributed by atoms with Gasteiger partial charge in [0.15, 0.2) is 0 Å². The number of hydrogen-bond acceptors (Lipinski definition) is 3. The van der Waals surface area contributed by atoms with E-state index in [-0.39, 0.29) is 0 Å². The van der Waals surface area contributed by atoms with Crippen LogP contribution in [0.15, 0.2) is 29.2 Å². The summed E-state index contributed by atoms with van der Waals surface area (Å²) in [6.07, 6.45) is 2.06. The van der Waals surface area contributed by atoms with E-state index in [0.29, 0.717) is 23.1 Å². The van der Waals surface area contributed by atoms with Crippen molar-refractivity contribution in [2.75, 3.05) is 13.1 Å². The minimum Gasteiger partial charge on any atom is -0.389 e. The topological polar surface area (TPSA) is 32.3 Å². The summed E-state index contributed by atoms with van der Waals surface area (Å²) in [5, 5.41) is 13.6. The van der Waals surface area contributed by atoms with Crippen LogP contribution in [-0.2, 0) is 6.42 Å². The van der Waals surface area contributed by atoms with Crippen LogP contribution < -0.4 is 5.32 Å². The molecule has 100 valence electrons. The molecule has 1 aromatic carbocycles. The second-order valence-electron chi connectivity index (χ2n) is 4.67. The van der Waals surface area contributed by atoms with Gasteiger partial charge in [-0.15, -0.1) is 0 Å². The summed E-state index contributed by atoms with van der Waals surface area (Å²) in [6.45, 7) is 1.66. The highest BCUT2D eigenvalue weighted by molar-refractivity contribution is 7.99. The molecule has 18 heavy (non-hydrogen) atoms. The molecule has 1 heterocycles. The fourth-order valence-corrected chi connectivity index (χ4v) is 2.74. The van der Waals surface area contributed by atoms with Crippen molar-refractivity contribution >= 4 is 11.8 Å². The minimum absolute atomic E-state index is 0.546. The Kier molecular flexibility index (Phi) is 4.59. The number of rotatable bonds is 4. The van der Waals surface area contributed by atoms with Gasteiger partial charge in [0, 0.05) is 11.3 Å². The molecule has 1 fully saturated rings. The first-order chi connectivity index (χ1) is 8.57. The number of thioether (sulfide) groups is 1. The van der Waals surface area contributed by atoms with Crippen molar-refractivity contribution in [1.82, 2.24) is 5.32 Å². The molecule has 0 atom stereocenters. The Morgan fingerprint density at radius 2 is 1.83 bits per heavy atom. The average Bonchev–Trinajstić information content (AvgIpc) is 2.31. The number of aliphatic hydroxyl groups is 1. The van der Waals surface area contributed by atoms with Crippen molar-refractivity contribution in [3.05, 3.63) is 29.8 Å². The molecule has 0 amide bonds. The van der Waals surface area contributed by atoms with E-state index in [0.717, 1.165) is 31.5 Å². The molecule has 1 aliphatic rings. The molecule has 0 aromatic heterocycles. The molecular formula is C13H17F2NOS. The molecule has 0 saturated carbocycles. The third-order valence-electron chi connectivity index (χ3n) is 3.22. The Hall–Kier alpha value is -0.650. The molecule has 1 saturated heterocycles. The number of hydrogen-bond donors (Lipinski definition) is 2. The molecule has 2 nitrogen and oxygen atoms in total. The smallest absolute Gasteiger partial charge is 0.288 e. The highest BCUT2D eigenvalue weighted by atomic mass is 32.2. The van der Waals surface area contributed by atoms with Gasteiger partial charge in [0.25, 0.3) is 5.76 Å². The molecule has 5 heteroatoms. The minimum atomic E-state index is -2.38. The molecule has 0 radical (unpaired) electrons. The summed E-state index contributed by atoms with van der Waals surface area (Å²) in [5.41, 5.74) is 0.348. The first-order valence-corrected chi connectivity index (χ1v) is 6.92. The number of benzene rings is 1. The van der Waals surface area contributed by atoms with Crippen LogP contribution in [0.3, 0.4) is 0 Å². The van der Waals surface area contributed by atoms with E-state index in [2.05, 4.69) is 5.32 Å². The van der Waals surface area contributed by atoms with Gasteiger partial charge in [-0.1, -0.05) is 23.9 Å². The summed E-state index contributed by atoms with van der Waals surface area (Å²) >= 11 is 0.546. The molecule has 1 aliphatic heterocycles. The van der Waals surface area contributed by atoms with Gasteiger partial charge in [0.2, 0.25) is 0 Å². The van der Waals surface area contributed by atoms with Crippen LogP contribution in [0, 0.1) is 0 Å². The van der Waals surface area contributed by atoms with E-state index < -0.39 is 11.4 Å². The number of halogens is 2. The van der Waals surface area contributed by atoms with Crippen molar-refractivity contribution in [2.45, 2.75) is 35.5 Å². The lowest BCUT2D eigenvalue weighted by atomic mass is 9.86. The predicted octanol–water partition coefficient (Wildman–Crippen LogP) is 2.66. The van der Waals surface area contributed by atoms with Gasteiger partial charge < -0.3 is 10.4 Å². The van der Waals surface area contributed by atoms with E-state index in [9.17, 15) is 13.9 Å². The zero-order valence-corrected chi connectivity index (χ0v) is 10.9. The van der Waals surface area contributed by atoms with Gasteiger partial charge in [-0.3, -0.25) is 0 Å². The molecule has 2 rings (SSSR count). The molecule has 0 spiro atoms. The number of alkyl halides is 2.